The number of aromatic nitrogens is 2. The zero-order valence-corrected chi connectivity index (χ0v) is 12.6. The highest BCUT2D eigenvalue weighted by atomic mass is 16.1. The zero-order valence-electron chi connectivity index (χ0n) is 12.6. The van der Waals surface area contributed by atoms with E-state index in [-0.39, 0.29) is 5.91 Å². The summed E-state index contributed by atoms with van der Waals surface area (Å²) in [6.45, 7) is 4.88. The van der Waals surface area contributed by atoms with Gasteiger partial charge in [0.15, 0.2) is 0 Å². The third-order valence-electron chi connectivity index (χ3n) is 3.98. The molecule has 2 heterocycles. The lowest BCUT2D eigenvalue weighted by atomic mass is 9.94. The smallest absolute Gasteiger partial charge is 0.220 e. The van der Waals surface area contributed by atoms with E-state index >= 15 is 0 Å². The van der Waals surface area contributed by atoms with Crippen molar-refractivity contribution < 1.29 is 4.79 Å². The number of hydrogen-bond acceptors (Lipinski definition) is 3. The first kappa shape index (κ1) is 15.0. The van der Waals surface area contributed by atoms with Gasteiger partial charge in [0, 0.05) is 31.8 Å². The van der Waals surface area contributed by atoms with Crippen LogP contribution in [0.25, 0.3) is 0 Å². The summed E-state index contributed by atoms with van der Waals surface area (Å²) in [5.41, 5.74) is 2.20. The molecule has 1 atom stereocenters. The Labute approximate surface area is 121 Å². The van der Waals surface area contributed by atoms with Crippen molar-refractivity contribution in [2.45, 2.75) is 45.6 Å². The van der Waals surface area contributed by atoms with Crippen molar-refractivity contribution in [1.82, 2.24) is 20.4 Å². The number of amides is 1. The van der Waals surface area contributed by atoms with Gasteiger partial charge in [-0.15, -0.1) is 0 Å². The largest absolute Gasteiger partial charge is 0.352 e. The van der Waals surface area contributed by atoms with Crippen molar-refractivity contribution in [2.75, 3.05) is 13.1 Å². The minimum absolute atomic E-state index is 0.154. The van der Waals surface area contributed by atoms with E-state index in [0.29, 0.717) is 18.9 Å². The molecule has 0 radical (unpaired) electrons. The number of rotatable bonds is 6. The first-order valence-corrected chi connectivity index (χ1v) is 7.67. The van der Waals surface area contributed by atoms with Gasteiger partial charge in [-0.1, -0.05) is 6.92 Å². The Balaban J connectivity index is 1.71. The van der Waals surface area contributed by atoms with Crippen molar-refractivity contribution in [2.24, 2.45) is 13.0 Å². The molecule has 1 unspecified atom stereocenters. The number of carbonyl (C=O) groups is 1. The van der Waals surface area contributed by atoms with E-state index in [0.717, 1.165) is 37.2 Å². The van der Waals surface area contributed by atoms with Gasteiger partial charge < -0.3 is 10.6 Å². The Morgan fingerprint density at radius 3 is 3.15 bits per heavy atom. The lowest BCUT2D eigenvalue weighted by Gasteiger charge is -2.22. The van der Waals surface area contributed by atoms with Crippen LogP contribution in [0, 0.1) is 5.92 Å². The van der Waals surface area contributed by atoms with Gasteiger partial charge >= 0.3 is 0 Å². The van der Waals surface area contributed by atoms with Crippen LogP contribution in [0.1, 0.15) is 43.9 Å². The highest BCUT2D eigenvalue weighted by Crippen LogP contribution is 2.15. The maximum Gasteiger partial charge on any atom is 0.220 e. The van der Waals surface area contributed by atoms with Crippen LogP contribution in [-0.2, 0) is 24.8 Å². The molecule has 1 aromatic heterocycles. The van der Waals surface area contributed by atoms with Gasteiger partial charge in [0.1, 0.15) is 0 Å². The predicted octanol–water partition coefficient (Wildman–Crippen LogP) is 1.38. The monoisotopic (exact) mass is 278 g/mol. The molecular formula is C15H26N4O. The Kier molecular flexibility index (Phi) is 5.59. The number of carbonyl (C=O) groups excluding carboxylic acids is 1. The molecule has 1 fully saturated rings. The van der Waals surface area contributed by atoms with Crippen LogP contribution < -0.4 is 10.6 Å². The Hall–Kier alpha value is -1.36. The maximum absolute atomic E-state index is 11.9. The van der Waals surface area contributed by atoms with Gasteiger partial charge in [-0.05, 0) is 44.7 Å². The molecular weight excluding hydrogens is 252 g/mol. The topological polar surface area (TPSA) is 59.0 Å². The molecule has 0 spiro atoms. The average Bonchev–Trinajstić information content (AvgIpc) is 2.84. The van der Waals surface area contributed by atoms with Gasteiger partial charge in [-0.3, -0.25) is 9.48 Å². The molecule has 0 saturated carbocycles. The molecule has 2 N–H and O–H groups in total. The fourth-order valence-corrected chi connectivity index (χ4v) is 2.82. The molecule has 2 rings (SSSR count). The summed E-state index contributed by atoms with van der Waals surface area (Å²) < 4.78 is 1.81. The van der Waals surface area contributed by atoms with Crippen molar-refractivity contribution >= 4 is 5.91 Å². The molecule has 1 amide bonds. The normalized spacial score (nSPS) is 19.0. The molecule has 0 aromatic carbocycles. The number of nitrogens with one attached hydrogen (secondary N) is 2. The van der Waals surface area contributed by atoms with Crippen molar-refractivity contribution in [3.05, 3.63) is 17.5 Å². The Morgan fingerprint density at radius 1 is 1.60 bits per heavy atom. The van der Waals surface area contributed by atoms with Crippen LogP contribution in [0.3, 0.4) is 0 Å². The quantitative estimate of drug-likeness (QED) is 0.826. The molecule has 0 aliphatic carbocycles. The summed E-state index contributed by atoms with van der Waals surface area (Å²) in [7, 11) is 1.92. The van der Waals surface area contributed by atoms with E-state index in [4.69, 9.17) is 0 Å². The van der Waals surface area contributed by atoms with E-state index in [2.05, 4.69) is 22.7 Å². The first-order valence-electron chi connectivity index (χ1n) is 7.67. The van der Waals surface area contributed by atoms with E-state index in [1.807, 2.05) is 17.9 Å². The fourth-order valence-electron chi connectivity index (χ4n) is 2.82. The molecule has 112 valence electrons. The average molecular weight is 278 g/mol. The van der Waals surface area contributed by atoms with Gasteiger partial charge in [0.2, 0.25) is 5.91 Å². The number of nitrogens with zero attached hydrogens (tertiary/aromatic N) is 2. The SMILES string of the molecule is CCc1nn(C)cc1CNC(=O)CCC1CCCNC1. The first-order chi connectivity index (χ1) is 9.69. The standard InChI is InChI=1S/C15H26N4O/c1-3-14-13(11-19(2)18-14)10-17-15(20)7-6-12-5-4-8-16-9-12/h11-12,16H,3-10H2,1-2H3,(H,17,20). The van der Waals surface area contributed by atoms with Crippen molar-refractivity contribution in [3.8, 4) is 0 Å². The van der Waals surface area contributed by atoms with Crippen LogP contribution >= 0.6 is 0 Å². The molecule has 1 aliphatic heterocycles. The van der Waals surface area contributed by atoms with Crippen LogP contribution in [-0.4, -0.2) is 28.8 Å². The van der Waals surface area contributed by atoms with Crippen LogP contribution in [0.15, 0.2) is 6.20 Å². The Morgan fingerprint density at radius 2 is 2.45 bits per heavy atom. The highest BCUT2D eigenvalue weighted by molar-refractivity contribution is 5.75. The summed E-state index contributed by atoms with van der Waals surface area (Å²) >= 11 is 0. The van der Waals surface area contributed by atoms with Crippen molar-refractivity contribution in [1.29, 1.82) is 0 Å². The van der Waals surface area contributed by atoms with E-state index < -0.39 is 0 Å². The van der Waals surface area contributed by atoms with Gasteiger partial charge in [-0.25, -0.2) is 0 Å². The number of aryl methyl sites for hydroxylation is 2. The third kappa shape index (κ3) is 4.34. The Bertz CT molecular complexity index is 435. The second kappa shape index (κ2) is 7.43. The van der Waals surface area contributed by atoms with Crippen LogP contribution in [0.4, 0.5) is 0 Å². The summed E-state index contributed by atoms with van der Waals surface area (Å²) in [5, 5.41) is 10.8. The van der Waals surface area contributed by atoms with Crippen LogP contribution in [0.5, 0.6) is 0 Å². The minimum Gasteiger partial charge on any atom is -0.352 e. The summed E-state index contributed by atoms with van der Waals surface area (Å²) in [4.78, 5) is 11.9. The molecule has 20 heavy (non-hydrogen) atoms. The lowest BCUT2D eigenvalue weighted by Crippen LogP contribution is -2.31. The van der Waals surface area contributed by atoms with E-state index in [9.17, 15) is 4.79 Å². The van der Waals surface area contributed by atoms with Gasteiger partial charge in [0.05, 0.1) is 5.69 Å². The van der Waals surface area contributed by atoms with E-state index in [1.54, 1.807) is 0 Å². The van der Waals surface area contributed by atoms with Gasteiger partial charge in [0.25, 0.3) is 0 Å². The minimum atomic E-state index is 0.154. The molecule has 1 saturated heterocycles. The summed E-state index contributed by atoms with van der Waals surface area (Å²) in [6, 6.07) is 0. The number of piperidine rings is 1. The molecule has 0 bridgehead atoms. The maximum atomic E-state index is 11.9. The summed E-state index contributed by atoms with van der Waals surface area (Å²) in [5.74, 6) is 0.820. The third-order valence-corrected chi connectivity index (χ3v) is 3.98. The second-order valence-electron chi connectivity index (χ2n) is 5.66. The van der Waals surface area contributed by atoms with E-state index in [1.165, 1.54) is 12.8 Å². The summed E-state index contributed by atoms with van der Waals surface area (Å²) in [6.07, 6.45) is 7.01. The zero-order chi connectivity index (χ0) is 14.4. The molecule has 1 aromatic rings. The van der Waals surface area contributed by atoms with Crippen LogP contribution in [0.2, 0.25) is 0 Å². The lowest BCUT2D eigenvalue weighted by molar-refractivity contribution is -0.121. The highest BCUT2D eigenvalue weighted by Gasteiger charge is 2.14. The van der Waals surface area contributed by atoms with Gasteiger partial charge in [-0.2, -0.15) is 5.10 Å². The van der Waals surface area contributed by atoms with Crippen molar-refractivity contribution in [3.63, 3.8) is 0 Å². The fraction of sp³-hybridized carbons (Fsp3) is 0.733. The predicted molar refractivity (Wildman–Crippen MR) is 79.3 cm³/mol. The molecule has 5 nitrogen and oxygen atoms in total. The molecule has 5 heteroatoms. The number of hydrogen-bond donors (Lipinski definition) is 2. The molecule has 1 aliphatic rings. The second-order valence-corrected chi connectivity index (χ2v) is 5.66.